The van der Waals surface area contributed by atoms with Gasteiger partial charge in [-0.1, -0.05) is 37.3 Å². The first-order chi connectivity index (χ1) is 13.1. The molecule has 2 aromatic carbocycles. The van der Waals surface area contributed by atoms with Crippen molar-refractivity contribution in [2.45, 2.75) is 26.2 Å². The first-order valence-electron chi connectivity index (χ1n) is 9.06. The van der Waals surface area contributed by atoms with E-state index in [1.165, 1.54) is 21.6 Å². The van der Waals surface area contributed by atoms with Gasteiger partial charge < -0.3 is 10.6 Å². The second kappa shape index (κ2) is 7.37. The zero-order valence-electron chi connectivity index (χ0n) is 15.0. The van der Waals surface area contributed by atoms with E-state index in [-0.39, 0.29) is 11.8 Å². The van der Waals surface area contributed by atoms with Crippen molar-refractivity contribution in [1.29, 1.82) is 0 Å². The van der Waals surface area contributed by atoms with Crippen molar-refractivity contribution >= 4 is 34.5 Å². The highest BCUT2D eigenvalue weighted by atomic mass is 32.1. The van der Waals surface area contributed by atoms with Gasteiger partial charge in [-0.3, -0.25) is 9.59 Å². The Hall–Kier alpha value is -2.92. The van der Waals surface area contributed by atoms with Gasteiger partial charge in [0.1, 0.15) is 0 Å². The zero-order chi connectivity index (χ0) is 18.8. The highest BCUT2D eigenvalue weighted by Gasteiger charge is 2.21. The van der Waals surface area contributed by atoms with Gasteiger partial charge in [0.15, 0.2) is 0 Å². The largest absolute Gasteiger partial charge is 0.326 e. The molecule has 1 aromatic heterocycles. The minimum Gasteiger partial charge on any atom is -0.326 e. The van der Waals surface area contributed by atoms with E-state index >= 15 is 0 Å². The summed E-state index contributed by atoms with van der Waals surface area (Å²) in [5, 5.41) is 5.75. The Labute approximate surface area is 162 Å². The van der Waals surface area contributed by atoms with E-state index < -0.39 is 0 Å². The predicted molar refractivity (Wildman–Crippen MR) is 110 cm³/mol. The van der Waals surface area contributed by atoms with Crippen molar-refractivity contribution < 1.29 is 9.59 Å². The summed E-state index contributed by atoms with van der Waals surface area (Å²) in [5.41, 5.74) is 5.18. The lowest BCUT2D eigenvalue weighted by Crippen LogP contribution is -2.12. The van der Waals surface area contributed by atoms with E-state index in [2.05, 4.69) is 28.8 Å². The molecule has 0 fully saturated rings. The number of carbonyl (C=O) groups excluding carboxylic acids is 2. The molecule has 0 saturated heterocycles. The summed E-state index contributed by atoms with van der Waals surface area (Å²) < 4.78 is 0. The molecule has 0 radical (unpaired) electrons. The molecule has 1 aliphatic carbocycles. The fourth-order valence-corrected chi connectivity index (χ4v) is 4.47. The summed E-state index contributed by atoms with van der Waals surface area (Å²) >= 11 is 1.54. The van der Waals surface area contributed by atoms with Crippen LogP contribution >= 0.6 is 11.3 Å². The second-order valence-corrected chi connectivity index (χ2v) is 7.61. The summed E-state index contributed by atoms with van der Waals surface area (Å²) in [6.45, 7) is 1.80. The number of anilines is 2. The van der Waals surface area contributed by atoms with Gasteiger partial charge in [-0.25, -0.2) is 0 Å². The van der Waals surface area contributed by atoms with Crippen molar-refractivity contribution in [3.8, 4) is 10.4 Å². The molecule has 27 heavy (non-hydrogen) atoms. The Morgan fingerprint density at radius 1 is 0.926 bits per heavy atom. The summed E-state index contributed by atoms with van der Waals surface area (Å²) in [6, 6.07) is 17.6. The van der Waals surface area contributed by atoms with Crippen molar-refractivity contribution in [3.05, 3.63) is 70.6 Å². The monoisotopic (exact) mass is 376 g/mol. The SMILES string of the molecule is CCC(=O)Nc1cccc(NC(=O)c2cc3c(s2)-c2ccccc2CC3)c1. The normalized spacial score (nSPS) is 12.0. The van der Waals surface area contributed by atoms with E-state index in [4.69, 9.17) is 0 Å². The lowest BCUT2D eigenvalue weighted by molar-refractivity contribution is -0.115. The van der Waals surface area contributed by atoms with Crippen LogP contribution < -0.4 is 10.6 Å². The third-order valence-corrected chi connectivity index (χ3v) is 5.89. The Morgan fingerprint density at radius 2 is 1.67 bits per heavy atom. The number of amides is 2. The van der Waals surface area contributed by atoms with Crippen LogP contribution in [0.5, 0.6) is 0 Å². The number of thiophene rings is 1. The van der Waals surface area contributed by atoms with E-state index in [1.54, 1.807) is 24.3 Å². The van der Waals surface area contributed by atoms with Gasteiger partial charge >= 0.3 is 0 Å². The Bertz CT molecular complexity index is 1020. The van der Waals surface area contributed by atoms with Crippen molar-refractivity contribution in [1.82, 2.24) is 0 Å². The number of aryl methyl sites for hydroxylation is 2. The quantitative estimate of drug-likeness (QED) is 0.664. The molecule has 0 atom stereocenters. The summed E-state index contributed by atoms with van der Waals surface area (Å²) in [5.74, 6) is -0.172. The molecule has 3 aromatic rings. The minimum absolute atomic E-state index is 0.0527. The Kier molecular flexibility index (Phi) is 4.77. The van der Waals surface area contributed by atoms with Gasteiger partial charge in [-0.05, 0) is 53.8 Å². The van der Waals surface area contributed by atoms with Crippen LogP contribution in [0.25, 0.3) is 10.4 Å². The molecule has 4 rings (SSSR count). The molecule has 0 aliphatic heterocycles. The minimum atomic E-state index is -0.120. The van der Waals surface area contributed by atoms with Crippen LogP contribution in [0.2, 0.25) is 0 Å². The lowest BCUT2D eigenvalue weighted by Gasteiger charge is -2.15. The summed E-state index contributed by atoms with van der Waals surface area (Å²) in [4.78, 5) is 26.2. The lowest BCUT2D eigenvalue weighted by atomic mass is 9.91. The number of benzene rings is 2. The van der Waals surface area contributed by atoms with Crippen LogP contribution in [0.15, 0.2) is 54.6 Å². The highest BCUT2D eigenvalue weighted by molar-refractivity contribution is 7.17. The zero-order valence-corrected chi connectivity index (χ0v) is 15.9. The molecular formula is C22H20N2O2S. The number of carbonyl (C=O) groups is 2. The highest BCUT2D eigenvalue weighted by Crippen LogP contribution is 2.39. The topological polar surface area (TPSA) is 58.2 Å². The number of rotatable bonds is 4. The van der Waals surface area contributed by atoms with E-state index in [9.17, 15) is 9.59 Å². The smallest absolute Gasteiger partial charge is 0.265 e. The van der Waals surface area contributed by atoms with Crippen molar-refractivity contribution in [2.75, 3.05) is 10.6 Å². The number of hydrogen-bond acceptors (Lipinski definition) is 3. The van der Waals surface area contributed by atoms with Crippen LogP contribution in [-0.2, 0) is 17.6 Å². The van der Waals surface area contributed by atoms with Gasteiger partial charge in [0.25, 0.3) is 5.91 Å². The molecule has 2 amide bonds. The van der Waals surface area contributed by atoms with Gasteiger partial charge in [0.2, 0.25) is 5.91 Å². The first-order valence-corrected chi connectivity index (χ1v) is 9.88. The fourth-order valence-electron chi connectivity index (χ4n) is 3.30. The first kappa shape index (κ1) is 17.5. The van der Waals surface area contributed by atoms with Crippen LogP contribution in [0.1, 0.15) is 34.1 Å². The van der Waals surface area contributed by atoms with Gasteiger partial charge in [-0.15, -0.1) is 11.3 Å². The molecule has 1 aliphatic rings. The molecule has 1 heterocycles. The molecule has 0 bridgehead atoms. The standard InChI is InChI=1S/C22H20N2O2S/c1-2-20(25)23-16-7-5-8-17(13-16)24-22(26)19-12-15-11-10-14-6-3-4-9-18(14)21(15)27-19/h3-9,12-13H,2,10-11H2,1H3,(H,23,25)(H,24,26). The molecule has 0 saturated carbocycles. The number of fused-ring (bicyclic) bond motifs is 3. The third-order valence-electron chi connectivity index (χ3n) is 4.68. The van der Waals surface area contributed by atoms with Crippen LogP contribution in [0.3, 0.4) is 0 Å². The predicted octanol–water partition coefficient (Wildman–Crippen LogP) is 5.11. The average Bonchev–Trinajstić information content (AvgIpc) is 3.13. The van der Waals surface area contributed by atoms with E-state index in [0.29, 0.717) is 22.7 Å². The van der Waals surface area contributed by atoms with E-state index in [0.717, 1.165) is 12.8 Å². The maximum atomic E-state index is 12.7. The summed E-state index contributed by atoms with van der Waals surface area (Å²) in [7, 11) is 0. The van der Waals surface area contributed by atoms with Crippen LogP contribution in [-0.4, -0.2) is 11.8 Å². The molecule has 2 N–H and O–H groups in total. The maximum absolute atomic E-state index is 12.7. The molecule has 5 heteroatoms. The fraction of sp³-hybridized carbons (Fsp3) is 0.182. The number of hydrogen-bond donors (Lipinski definition) is 2. The Balaban J connectivity index is 1.55. The van der Waals surface area contributed by atoms with Crippen molar-refractivity contribution in [2.24, 2.45) is 0 Å². The molecule has 4 nitrogen and oxygen atoms in total. The van der Waals surface area contributed by atoms with Gasteiger partial charge in [0.05, 0.1) is 4.88 Å². The molecule has 0 unspecified atom stereocenters. The maximum Gasteiger partial charge on any atom is 0.265 e. The van der Waals surface area contributed by atoms with Gasteiger partial charge in [0, 0.05) is 22.7 Å². The third kappa shape index (κ3) is 3.64. The van der Waals surface area contributed by atoms with Gasteiger partial charge in [-0.2, -0.15) is 0 Å². The van der Waals surface area contributed by atoms with E-state index in [1.807, 2.05) is 30.3 Å². The summed E-state index contributed by atoms with van der Waals surface area (Å²) in [6.07, 6.45) is 2.40. The molecule has 0 spiro atoms. The average molecular weight is 376 g/mol. The van der Waals surface area contributed by atoms with Crippen molar-refractivity contribution in [3.63, 3.8) is 0 Å². The molecular weight excluding hydrogens is 356 g/mol. The Morgan fingerprint density at radius 3 is 2.48 bits per heavy atom. The second-order valence-electron chi connectivity index (χ2n) is 6.56. The van der Waals surface area contributed by atoms with Crippen LogP contribution in [0, 0.1) is 0 Å². The molecule has 136 valence electrons. The van der Waals surface area contributed by atoms with Crippen LogP contribution in [0.4, 0.5) is 11.4 Å². The number of nitrogens with one attached hydrogen (secondary N) is 2.